The van der Waals surface area contributed by atoms with Gasteiger partial charge in [0, 0.05) is 23.8 Å². The lowest BCUT2D eigenvalue weighted by atomic mass is 9.90. The standard InChI is InChI=1S/C18H18F3NO4S/c1-10(2)15(17(24)25)8-13(23)7-12-9-27-16(22-12)11-3-5-14(6-4-11)26-18(19,20)21/h3-6,9-10,15H,7-8H2,1-2H3,(H,24,25)/t15-/m0/s1. The maximum Gasteiger partial charge on any atom is 0.573 e. The molecule has 0 unspecified atom stereocenters. The van der Waals surface area contributed by atoms with Crippen LogP contribution in [0.5, 0.6) is 5.75 Å². The Balaban J connectivity index is 2.02. The number of carbonyl (C=O) groups excluding carboxylic acids is 1. The van der Waals surface area contributed by atoms with E-state index in [9.17, 15) is 22.8 Å². The van der Waals surface area contributed by atoms with Gasteiger partial charge < -0.3 is 9.84 Å². The molecular formula is C18H18F3NO4S. The van der Waals surface area contributed by atoms with E-state index in [4.69, 9.17) is 5.11 Å². The van der Waals surface area contributed by atoms with E-state index in [2.05, 4.69) is 9.72 Å². The van der Waals surface area contributed by atoms with Gasteiger partial charge in [0.05, 0.1) is 11.6 Å². The Bertz CT molecular complexity index is 800. The minimum atomic E-state index is -4.75. The maximum absolute atomic E-state index is 12.2. The smallest absolute Gasteiger partial charge is 0.481 e. The Hall–Kier alpha value is -2.42. The number of aliphatic carboxylic acids is 1. The normalized spacial score (nSPS) is 12.8. The summed E-state index contributed by atoms with van der Waals surface area (Å²) in [4.78, 5) is 27.6. The van der Waals surface area contributed by atoms with Crippen LogP contribution in [0.4, 0.5) is 13.2 Å². The third kappa shape index (κ3) is 6.35. The number of nitrogens with zero attached hydrogens (tertiary/aromatic N) is 1. The molecule has 2 aromatic rings. The van der Waals surface area contributed by atoms with Crippen molar-refractivity contribution in [3.05, 3.63) is 35.3 Å². The van der Waals surface area contributed by atoms with Gasteiger partial charge in [0.1, 0.15) is 16.5 Å². The highest BCUT2D eigenvalue weighted by Gasteiger charge is 2.31. The van der Waals surface area contributed by atoms with Crippen molar-refractivity contribution < 1.29 is 32.6 Å². The zero-order chi connectivity index (χ0) is 20.2. The molecule has 2 rings (SSSR count). The Morgan fingerprint density at radius 3 is 2.37 bits per heavy atom. The van der Waals surface area contributed by atoms with Crippen molar-refractivity contribution in [2.24, 2.45) is 11.8 Å². The highest BCUT2D eigenvalue weighted by atomic mass is 32.1. The number of alkyl halides is 3. The zero-order valence-corrected chi connectivity index (χ0v) is 15.4. The molecule has 0 saturated heterocycles. The highest BCUT2D eigenvalue weighted by molar-refractivity contribution is 7.13. The lowest BCUT2D eigenvalue weighted by Crippen LogP contribution is -2.23. The quantitative estimate of drug-likeness (QED) is 0.701. The molecule has 0 aliphatic carbocycles. The average Bonchev–Trinajstić information content (AvgIpc) is 2.99. The van der Waals surface area contributed by atoms with Crippen molar-refractivity contribution in [1.82, 2.24) is 4.98 Å². The van der Waals surface area contributed by atoms with Crippen LogP contribution in [0.1, 0.15) is 26.0 Å². The van der Waals surface area contributed by atoms with Crippen LogP contribution in [0.2, 0.25) is 0 Å². The van der Waals surface area contributed by atoms with E-state index < -0.39 is 18.2 Å². The fourth-order valence-electron chi connectivity index (χ4n) is 2.45. The molecule has 0 aliphatic rings. The number of carbonyl (C=O) groups is 2. The number of Topliss-reactive ketones (excluding diaryl/α,β-unsaturated/α-hetero) is 1. The van der Waals surface area contributed by atoms with Crippen LogP contribution in [0, 0.1) is 11.8 Å². The average molecular weight is 401 g/mol. The van der Waals surface area contributed by atoms with E-state index in [1.54, 1.807) is 19.2 Å². The number of carboxylic acids is 1. The number of halogens is 3. The first-order chi connectivity index (χ1) is 12.5. The van der Waals surface area contributed by atoms with Gasteiger partial charge in [0.25, 0.3) is 0 Å². The van der Waals surface area contributed by atoms with E-state index in [1.807, 2.05) is 0 Å². The number of carboxylic acid groups (broad SMARTS) is 1. The lowest BCUT2D eigenvalue weighted by Gasteiger charge is -2.14. The molecule has 146 valence electrons. The number of thiazole rings is 1. The van der Waals surface area contributed by atoms with Gasteiger partial charge in [-0.3, -0.25) is 9.59 Å². The summed E-state index contributed by atoms with van der Waals surface area (Å²) < 4.78 is 40.4. The molecule has 0 radical (unpaired) electrons. The molecule has 1 atom stereocenters. The molecule has 5 nitrogen and oxygen atoms in total. The van der Waals surface area contributed by atoms with Crippen molar-refractivity contribution in [1.29, 1.82) is 0 Å². The molecule has 1 N–H and O–H groups in total. The van der Waals surface area contributed by atoms with Gasteiger partial charge in [0.15, 0.2) is 0 Å². The van der Waals surface area contributed by atoms with Crippen molar-refractivity contribution in [2.75, 3.05) is 0 Å². The summed E-state index contributed by atoms with van der Waals surface area (Å²) in [7, 11) is 0. The molecule has 0 spiro atoms. The first-order valence-electron chi connectivity index (χ1n) is 8.10. The largest absolute Gasteiger partial charge is 0.573 e. The van der Waals surface area contributed by atoms with E-state index >= 15 is 0 Å². The summed E-state index contributed by atoms with van der Waals surface area (Å²) in [6.07, 6.45) is -4.80. The zero-order valence-electron chi connectivity index (χ0n) is 14.6. The Morgan fingerprint density at radius 1 is 1.22 bits per heavy atom. The van der Waals surface area contributed by atoms with Gasteiger partial charge >= 0.3 is 12.3 Å². The molecule has 1 aromatic heterocycles. The van der Waals surface area contributed by atoms with Crippen LogP contribution in [0.3, 0.4) is 0 Å². The van der Waals surface area contributed by atoms with Gasteiger partial charge in [0.2, 0.25) is 0 Å². The van der Waals surface area contributed by atoms with E-state index in [0.29, 0.717) is 16.3 Å². The number of benzene rings is 1. The second-order valence-corrected chi connectivity index (χ2v) is 7.18. The number of ketones is 1. The molecule has 0 bridgehead atoms. The molecular weight excluding hydrogens is 383 g/mol. The highest BCUT2D eigenvalue weighted by Crippen LogP contribution is 2.28. The second-order valence-electron chi connectivity index (χ2n) is 6.32. The number of hydrogen-bond acceptors (Lipinski definition) is 5. The fraction of sp³-hybridized carbons (Fsp3) is 0.389. The van der Waals surface area contributed by atoms with E-state index in [-0.39, 0.29) is 30.3 Å². The molecule has 0 aliphatic heterocycles. The SMILES string of the molecule is CC(C)[C@H](CC(=O)Cc1csc(-c2ccc(OC(F)(F)F)cc2)n1)C(=O)O. The van der Waals surface area contributed by atoms with Crippen molar-refractivity contribution >= 4 is 23.1 Å². The van der Waals surface area contributed by atoms with Crippen LogP contribution in [0.15, 0.2) is 29.6 Å². The summed E-state index contributed by atoms with van der Waals surface area (Å²) in [5, 5.41) is 11.4. The van der Waals surface area contributed by atoms with Crippen LogP contribution < -0.4 is 4.74 Å². The van der Waals surface area contributed by atoms with Gasteiger partial charge in [-0.25, -0.2) is 4.98 Å². The molecule has 1 heterocycles. The Morgan fingerprint density at radius 2 is 1.85 bits per heavy atom. The minimum absolute atomic E-state index is 0.0161. The van der Waals surface area contributed by atoms with E-state index in [1.165, 1.54) is 35.6 Å². The molecule has 9 heteroatoms. The molecule has 27 heavy (non-hydrogen) atoms. The third-order valence-electron chi connectivity index (χ3n) is 3.83. The van der Waals surface area contributed by atoms with Gasteiger partial charge in [-0.05, 0) is 30.2 Å². The van der Waals surface area contributed by atoms with Crippen molar-refractivity contribution in [3.8, 4) is 16.3 Å². The lowest BCUT2D eigenvalue weighted by molar-refractivity contribution is -0.274. The summed E-state index contributed by atoms with van der Waals surface area (Å²) in [5.74, 6) is -2.45. The van der Waals surface area contributed by atoms with Crippen molar-refractivity contribution in [3.63, 3.8) is 0 Å². The van der Waals surface area contributed by atoms with Crippen LogP contribution in [0.25, 0.3) is 10.6 Å². The van der Waals surface area contributed by atoms with E-state index in [0.717, 1.165) is 0 Å². The predicted octanol–water partition coefficient (Wildman–Crippen LogP) is 4.57. The Labute approximate surface area is 157 Å². The first-order valence-corrected chi connectivity index (χ1v) is 8.98. The third-order valence-corrected chi connectivity index (χ3v) is 4.77. The Kier molecular flexibility index (Phi) is 6.59. The molecule has 0 saturated carbocycles. The van der Waals surface area contributed by atoms with Gasteiger partial charge in [-0.2, -0.15) is 0 Å². The van der Waals surface area contributed by atoms with Crippen LogP contribution in [-0.2, 0) is 16.0 Å². The second kappa shape index (κ2) is 8.51. The van der Waals surface area contributed by atoms with Crippen LogP contribution >= 0.6 is 11.3 Å². The topological polar surface area (TPSA) is 76.5 Å². The number of rotatable bonds is 8. The maximum atomic E-state index is 12.2. The minimum Gasteiger partial charge on any atom is -0.481 e. The van der Waals surface area contributed by atoms with Gasteiger partial charge in [-0.1, -0.05) is 13.8 Å². The summed E-state index contributed by atoms with van der Waals surface area (Å²) in [6, 6.07) is 5.28. The van der Waals surface area contributed by atoms with Gasteiger partial charge in [-0.15, -0.1) is 24.5 Å². The molecule has 0 fully saturated rings. The monoisotopic (exact) mass is 401 g/mol. The predicted molar refractivity (Wildman–Crippen MR) is 93.5 cm³/mol. The summed E-state index contributed by atoms with van der Waals surface area (Å²) in [6.45, 7) is 3.50. The number of hydrogen-bond donors (Lipinski definition) is 1. The number of aromatic nitrogens is 1. The summed E-state index contributed by atoms with van der Waals surface area (Å²) in [5.41, 5.74) is 1.10. The first kappa shape index (κ1) is 20.9. The fourth-order valence-corrected chi connectivity index (χ4v) is 3.27. The molecule has 1 aromatic carbocycles. The van der Waals surface area contributed by atoms with Crippen molar-refractivity contribution in [2.45, 2.75) is 33.1 Å². The number of ether oxygens (including phenoxy) is 1. The van der Waals surface area contributed by atoms with Crippen LogP contribution in [-0.4, -0.2) is 28.2 Å². The summed E-state index contributed by atoms with van der Waals surface area (Å²) >= 11 is 1.25. The molecule has 0 amide bonds.